The maximum Gasteiger partial charge on any atom is 0.311 e. The van der Waals surface area contributed by atoms with E-state index in [9.17, 15) is 19.5 Å². The second-order valence-corrected chi connectivity index (χ2v) is 4.67. The number of rotatable bonds is 3. The number of carbonyl (C=O) groups is 3. The lowest BCUT2D eigenvalue weighted by Gasteiger charge is -2.28. The molecule has 0 radical (unpaired) electrons. The number of aliphatic carboxylic acids is 1. The Labute approximate surface area is 93.4 Å². The van der Waals surface area contributed by atoms with Crippen molar-refractivity contribution in [3.63, 3.8) is 0 Å². The van der Waals surface area contributed by atoms with Gasteiger partial charge in [0, 0.05) is 19.4 Å². The number of amides is 2. The van der Waals surface area contributed by atoms with Gasteiger partial charge in [-0.3, -0.25) is 19.3 Å². The van der Waals surface area contributed by atoms with E-state index in [1.165, 1.54) is 0 Å². The summed E-state index contributed by atoms with van der Waals surface area (Å²) in [5, 5.41) is 9.25. The van der Waals surface area contributed by atoms with E-state index in [1.807, 2.05) is 0 Å². The van der Waals surface area contributed by atoms with Gasteiger partial charge in [0.2, 0.25) is 11.8 Å². The fourth-order valence-electron chi connectivity index (χ4n) is 2.59. The van der Waals surface area contributed by atoms with E-state index in [-0.39, 0.29) is 31.2 Å². The Bertz CT molecular complexity index is 328. The van der Waals surface area contributed by atoms with Gasteiger partial charge in [-0.05, 0) is 12.8 Å². The van der Waals surface area contributed by atoms with E-state index >= 15 is 0 Å². The molecule has 1 aliphatic heterocycles. The van der Waals surface area contributed by atoms with Gasteiger partial charge in [0.1, 0.15) is 0 Å². The second-order valence-electron chi connectivity index (χ2n) is 4.67. The van der Waals surface area contributed by atoms with Crippen molar-refractivity contribution in [2.45, 2.75) is 38.5 Å². The van der Waals surface area contributed by atoms with Crippen molar-refractivity contribution in [3.8, 4) is 0 Å². The van der Waals surface area contributed by atoms with Crippen molar-refractivity contribution in [1.82, 2.24) is 4.90 Å². The molecule has 5 nitrogen and oxygen atoms in total. The van der Waals surface area contributed by atoms with Gasteiger partial charge in [-0.25, -0.2) is 0 Å². The van der Waals surface area contributed by atoms with Crippen LogP contribution in [0.5, 0.6) is 0 Å². The monoisotopic (exact) mass is 225 g/mol. The van der Waals surface area contributed by atoms with Crippen LogP contribution in [0.3, 0.4) is 0 Å². The molecule has 0 aromatic rings. The summed E-state index contributed by atoms with van der Waals surface area (Å²) in [5.41, 5.74) is -0.879. The predicted molar refractivity (Wildman–Crippen MR) is 54.5 cm³/mol. The number of hydrogen-bond donors (Lipinski definition) is 1. The highest BCUT2D eigenvalue weighted by molar-refractivity contribution is 6.02. The van der Waals surface area contributed by atoms with E-state index in [0.717, 1.165) is 17.7 Å². The maximum atomic E-state index is 11.4. The minimum Gasteiger partial charge on any atom is -0.481 e. The summed E-state index contributed by atoms with van der Waals surface area (Å²) >= 11 is 0. The summed E-state index contributed by atoms with van der Waals surface area (Å²) in [4.78, 5) is 35.3. The van der Waals surface area contributed by atoms with Crippen molar-refractivity contribution >= 4 is 17.8 Å². The van der Waals surface area contributed by atoms with Gasteiger partial charge in [0.15, 0.2) is 0 Å². The van der Waals surface area contributed by atoms with Crippen LogP contribution in [-0.4, -0.2) is 34.3 Å². The minimum atomic E-state index is -0.879. The van der Waals surface area contributed by atoms with E-state index in [4.69, 9.17) is 0 Å². The molecule has 2 aliphatic rings. The predicted octanol–water partition coefficient (Wildman–Crippen LogP) is 0.780. The maximum absolute atomic E-state index is 11.4. The number of hydrogen-bond acceptors (Lipinski definition) is 3. The number of imide groups is 1. The molecule has 16 heavy (non-hydrogen) atoms. The van der Waals surface area contributed by atoms with Crippen LogP contribution in [0.15, 0.2) is 0 Å². The lowest BCUT2D eigenvalue weighted by atomic mass is 9.86. The molecule has 0 atom stereocenters. The molecule has 1 saturated carbocycles. The highest BCUT2D eigenvalue weighted by Crippen LogP contribution is 2.39. The smallest absolute Gasteiger partial charge is 0.311 e. The van der Waals surface area contributed by atoms with Crippen LogP contribution in [0.4, 0.5) is 0 Å². The van der Waals surface area contributed by atoms with Crippen LogP contribution in [0.1, 0.15) is 38.5 Å². The minimum absolute atomic E-state index is 0.0694. The molecule has 0 bridgehead atoms. The van der Waals surface area contributed by atoms with Gasteiger partial charge in [-0.15, -0.1) is 0 Å². The van der Waals surface area contributed by atoms with E-state index < -0.39 is 11.4 Å². The van der Waals surface area contributed by atoms with Crippen molar-refractivity contribution in [1.29, 1.82) is 0 Å². The Hall–Kier alpha value is -1.39. The summed E-state index contributed by atoms with van der Waals surface area (Å²) in [7, 11) is 0. The Balaban J connectivity index is 2.15. The Morgan fingerprint density at radius 2 is 1.69 bits per heavy atom. The van der Waals surface area contributed by atoms with Crippen molar-refractivity contribution < 1.29 is 19.5 Å². The topological polar surface area (TPSA) is 74.7 Å². The van der Waals surface area contributed by atoms with Crippen molar-refractivity contribution in [2.75, 3.05) is 6.54 Å². The lowest BCUT2D eigenvalue weighted by molar-refractivity contribution is -0.152. The van der Waals surface area contributed by atoms with Gasteiger partial charge < -0.3 is 5.11 Å². The van der Waals surface area contributed by atoms with Crippen LogP contribution < -0.4 is 0 Å². The zero-order chi connectivity index (χ0) is 11.8. The summed E-state index contributed by atoms with van der Waals surface area (Å²) in [6, 6.07) is 0. The third-order valence-corrected chi connectivity index (χ3v) is 3.63. The molecule has 2 fully saturated rings. The molecule has 0 aromatic carbocycles. The molecular weight excluding hydrogens is 210 g/mol. The highest BCUT2D eigenvalue weighted by atomic mass is 16.4. The normalized spacial score (nSPS) is 24.1. The Morgan fingerprint density at radius 3 is 2.12 bits per heavy atom. The van der Waals surface area contributed by atoms with Crippen LogP contribution in [0.25, 0.3) is 0 Å². The summed E-state index contributed by atoms with van der Waals surface area (Å²) in [6.45, 7) is 0.0694. The molecule has 2 amide bonds. The van der Waals surface area contributed by atoms with Crippen molar-refractivity contribution in [2.24, 2.45) is 5.41 Å². The molecule has 1 aliphatic carbocycles. The molecule has 0 spiro atoms. The molecule has 88 valence electrons. The molecule has 2 rings (SSSR count). The van der Waals surface area contributed by atoms with E-state index in [1.54, 1.807) is 0 Å². The molecular formula is C11H15NO4. The quantitative estimate of drug-likeness (QED) is 0.720. The van der Waals surface area contributed by atoms with Crippen LogP contribution in [-0.2, 0) is 14.4 Å². The lowest BCUT2D eigenvalue weighted by Crippen LogP contribution is -2.43. The average Bonchev–Trinajstić information content (AvgIpc) is 2.81. The average molecular weight is 225 g/mol. The van der Waals surface area contributed by atoms with Gasteiger partial charge in [-0.2, -0.15) is 0 Å². The van der Waals surface area contributed by atoms with E-state index in [2.05, 4.69) is 0 Å². The summed E-state index contributed by atoms with van der Waals surface area (Å²) < 4.78 is 0. The molecule has 0 unspecified atom stereocenters. The number of carbonyl (C=O) groups excluding carboxylic acids is 2. The zero-order valence-corrected chi connectivity index (χ0v) is 9.07. The second kappa shape index (κ2) is 3.88. The number of likely N-dealkylation sites (tertiary alicyclic amines) is 1. The van der Waals surface area contributed by atoms with Gasteiger partial charge >= 0.3 is 5.97 Å². The molecule has 1 saturated heterocycles. The van der Waals surface area contributed by atoms with Crippen LogP contribution in [0.2, 0.25) is 0 Å². The third kappa shape index (κ3) is 1.70. The fourth-order valence-corrected chi connectivity index (χ4v) is 2.59. The number of carboxylic acid groups (broad SMARTS) is 1. The third-order valence-electron chi connectivity index (χ3n) is 3.63. The largest absolute Gasteiger partial charge is 0.481 e. The van der Waals surface area contributed by atoms with Gasteiger partial charge in [0.25, 0.3) is 0 Å². The standard InChI is InChI=1S/C11H15NO4/c13-8-3-4-9(14)12(8)7-11(10(15)16)5-1-2-6-11/h1-7H2,(H,15,16). The van der Waals surface area contributed by atoms with Gasteiger partial charge in [0.05, 0.1) is 5.41 Å². The summed E-state index contributed by atoms with van der Waals surface area (Å²) in [5.74, 6) is -1.33. The SMILES string of the molecule is O=C1CCC(=O)N1CC1(C(=O)O)CCCC1. The molecule has 5 heteroatoms. The zero-order valence-electron chi connectivity index (χ0n) is 9.07. The molecule has 1 heterocycles. The van der Waals surface area contributed by atoms with E-state index in [0.29, 0.717) is 12.8 Å². The first-order chi connectivity index (χ1) is 7.55. The molecule has 1 N–H and O–H groups in total. The highest BCUT2D eigenvalue weighted by Gasteiger charge is 2.45. The number of nitrogens with zero attached hydrogens (tertiary/aromatic N) is 1. The fraction of sp³-hybridized carbons (Fsp3) is 0.727. The van der Waals surface area contributed by atoms with Crippen LogP contribution >= 0.6 is 0 Å². The summed E-state index contributed by atoms with van der Waals surface area (Å²) in [6.07, 6.45) is 3.33. The Morgan fingerprint density at radius 1 is 1.19 bits per heavy atom. The first kappa shape index (κ1) is 11.1. The number of carboxylic acids is 1. The van der Waals surface area contributed by atoms with Crippen molar-refractivity contribution in [3.05, 3.63) is 0 Å². The van der Waals surface area contributed by atoms with Gasteiger partial charge in [-0.1, -0.05) is 12.8 Å². The van der Waals surface area contributed by atoms with Crippen LogP contribution in [0, 0.1) is 5.41 Å². The first-order valence-electron chi connectivity index (χ1n) is 5.62. The first-order valence-corrected chi connectivity index (χ1v) is 5.62. The Kier molecular flexibility index (Phi) is 2.69. The molecule has 0 aromatic heterocycles.